The number of nitrogens with two attached hydrogens (primary N) is 1. The fraction of sp³-hybridized carbons (Fsp3) is 0.0769. The van der Waals surface area contributed by atoms with E-state index in [0.29, 0.717) is 5.69 Å². The van der Waals surface area contributed by atoms with E-state index in [-0.39, 0.29) is 16.3 Å². The minimum absolute atomic E-state index is 0.0554. The summed E-state index contributed by atoms with van der Waals surface area (Å²) < 4.78 is 26.9. The first-order chi connectivity index (χ1) is 9.79. The highest BCUT2D eigenvalue weighted by Gasteiger charge is 2.21. The molecule has 2 rings (SSSR count). The first-order valence-corrected chi connectivity index (χ1v) is 7.41. The molecule has 110 valence electrons. The summed E-state index contributed by atoms with van der Waals surface area (Å²) in [6, 6.07) is 9.97. The molecule has 2 aromatic rings. The largest absolute Gasteiger partial charge is 0.398 e. The second kappa shape index (κ2) is 5.41. The molecule has 0 saturated heterocycles. The smallest absolute Gasteiger partial charge is 0.270 e. The maximum Gasteiger partial charge on any atom is 0.270 e. The van der Waals surface area contributed by atoms with Crippen molar-refractivity contribution in [1.82, 2.24) is 0 Å². The Labute approximate surface area is 121 Å². The van der Waals surface area contributed by atoms with Crippen molar-refractivity contribution in [2.45, 2.75) is 11.8 Å². The Balaban J connectivity index is 2.41. The van der Waals surface area contributed by atoms with Gasteiger partial charge in [-0.25, -0.2) is 8.42 Å². The van der Waals surface area contributed by atoms with Crippen LogP contribution < -0.4 is 10.5 Å². The number of aryl methyl sites for hydroxylation is 1. The minimum Gasteiger partial charge on any atom is -0.398 e. The van der Waals surface area contributed by atoms with Crippen LogP contribution in [0.15, 0.2) is 47.4 Å². The van der Waals surface area contributed by atoms with E-state index >= 15 is 0 Å². The molecule has 0 spiro atoms. The molecule has 0 saturated carbocycles. The summed E-state index contributed by atoms with van der Waals surface area (Å²) in [5, 5.41) is 10.7. The number of sulfonamides is 1. The number of nitrogens with zero attached hydrogens (tertiary/aromatic N) is 1. The molecule has 0 heterocycles. The zero-order chi connectivity index (χ0) is 15.6. The van der Waals surface area contributed by atoms with Gasteiger partial charge in [-0.15, -0.1) is 0 Å². The van der Waals surface area contributed by atoms with Crippen molar-refractivity contribution >= 4 is 27.1 Å². The maximum absolute atomic E-state index is 12.3. The molecule has 0 radical (unpaired) electrons. The van der Waals surface area contributed by atoms with Crippen LogP contribution in [0.25, 0.3) is 0 Å². The normalized spacial score (nSPS) is 11.1. The van der Waals surface area contributed by atoms with Crippen LogP contribution >= 0.6 is 0 Å². The lowest BCUT2D eigenvalue weighted by atomic mass is 10.2. The Hall–Kier alpha value is -2.61. The summed E-state index contributed by atoms with van der Waals surface area (Å²) >= 11 is 0. The van der Waals surface area contributed by atoms with Gasteiger partial charge in [-0.1, -0.05) is 17.7 Å². The van der Waals surface area contributed by atoms with Crippen molar-refractivity contribution in [2.75, 3.05) is 10.5 Å². The van der Waals surface area contributed by atoms with Gasteiger partial charge in [0.25, 0.3) is 15.7 Å². The summed E-state index contributed by atoms with van der Waals surface area (Å²) in [7, 11) is -3.99. The molecule has 0 amide bonds. The summed E-state index contributed by atoms with van der Waals surface area (Å²) in [6.45, 7) is 1.87. The zero-order valence-corrected chi connectivity index (χ0v) is 11.9. The van der Waals surface area contributed by atoms with Crippen LogP contribution in [0.4, 0.5) is 17.1 Å². The van der Waals surface area contributed by atoms with Gasteiger partial charge in [0.2, 0.25) is 0 Å². The summed E-state index contributed by atoms with van der Waals surface area (Å²) in [5.41, 5.74) is 6.55. The number of anilines is 2. The molecular formula is C13H13N3O4S. The second-order valence-corrected chi connectivity index (χ2v) is 6.10. The number of rotatable bonds is 4. The predicted molar refractivity (Wildman–Crippen MR) is 79.5 cm³/mol. The monoisotopic (exact) mass is 307 g/mol. The quantitative estimate of drug-likeness (QED) is 0.511. The van der Waals surface area contributed by atoms with Gasteiger partial charge in [0, 0.05) is 17.8 Å². The van der Waals surface area contributed by atoms with Crippen LogP contribution in [0.1, 0.15) is 5.56 Å². The number of non-ortho nitro benzene ring substituents is 1. The number of nitrogens with one attached hydrogen (secondary N) is 1. The Morgan fingerprint density at radius 2 is 1.76 bits per heavy atom. The maximum atomic E-state index is 12.3. The van der Waals surface area contributed by atoms with Crippen molar-refractivity contribution in [3.8, 4) is 0 Å². The highest BCUT2D eigenvalue weighted by Crippen LogP contribution is 2.26. The molecular weight excluding hydrogens is 294 g/mol. The van der Waals surface area contributed by atoms with Crippen LogP contribution in [-0.2, 0) is 10.0 Å². The Morgan fingerprint density at radius 3 is 2.33 bits per heavy atom. The number of hydrogen-bond donors (Lipinski definition) is 2. The number of hydrogen-bond acceptors (Lipinski definition) is 5. The van der Waals surface area contributed by atoms with Crippen molar-refractivity contribution in [3.05, 3.63) is 58.1 Å². The topological polar surface area (TPSA) is 115 Å². The predicted octanol–water partition coefficient (Wildman–Crippen LogP) is 2.29. The summed E-state index contributed by atoms with van der Waals surface area (Å²) in [5.74, 6) is 0. The molecule has 0 fully saturated rings. The van der Waals surface area contributed by atoms with Crippen molar-refractivity contribution < 1.29 is 13.3 Å². The third-order valence-corrected chi connectivity index (χ3v) is 4.24. The molecule has 0 unspecified atom stereocenters. The lowest BCUT2D eigenvalue weighted by Gasteiger charge is -2.10. The number of nitrogen functional groups attached to an aromatic ring is 1. The van der Waals surface area contributed by atoms with Crippen LogP contribution in [0.5, 0.6) is 0 Å². The molecule has 0 atom stereocenters. The van der Waals surface area contributed by atoms with Crippen LogP contribution in [-0.4, -0.2) is 13.3 Å². The van der Waals surface area contributed by atoms with Crippen LogP contribution in [0.2, 0.25) is 0 Å². The molecule has 2 aromatic carbocycles. The van der Waals surface area contributed by atoms with Crippen molar-refractivity contribution in [2.24, 2.45) is 0 Å². The molecule has 0 aliphatic rings. The van der Waals surface area contributed by atoms with Crippen molar-refractivity contribution in [3.63, 3.8) is 0 Å². The van der Waals surface area contributed by atoms with E-state index in [2.05, 4.69) is 4.72 Å². The standard InChI is InChI=1S/C13H13N3O4S/c1-9-2-4-10(5-3-9)15-21(19,20)13-8-11(16(17)18)6-7-12(13)14/h2-8,15H,14H2,1H3. The van der Waals surface area contributed by atoms with Crippen molar-refractivity contribution in [1.29, 1.82) is 0 Å². The van der Waals surface area contributed by atoms with E-state index in [1.807, 2.05) is 6.92 Å². The first-order valence-electron chi connectivity index (χ1n) is 5.93. The zero-order valence-electron chi connectivity index (χ0n) is 11.1. The van der Waals surface area contributed by atoms with Gasteiger partial charge >= 0.3 is 0 Å². The van der Waals surface area contributed by atoms with Crippen LogP contribution in [0.3, 0.4) is 0 Å². The molecule has 21 heavy (non-hydrogen) atoms. The van der Waals surface area contributed by atoms with E-state index < -0.39 is 14.9 Å². The van der Waals surface area contributed by atoms with E-state index in [0.717, 1.165) is 17.7 Å². The van der Waals surface area contributed by atoms with Gasteiger partial charge in [-0.3, -0.25) is 14.8 Å². The molecule has 0 aliphatic carbocycles. The molecule has 0 aromatic heterocycles. The first kappa shape index (κ1) is 14.8. The molecule has 8 heteroatoms. The van der Waals surface area contributed by atoms with E-state index in [1.54, 1.807) is 24.3 Å². The fourth-order valence-electron chi connectivity index (χ4n) is 1.70. The summed E-state index contributed by atoms with van der Waals surface area (Å²) in [4.78, 5) is 9.74. The SMILES string of the molecule is Cc1ccc(NS(=O)(=O)c2cc([N+](=O)[O-])ccc2N)cc1. The van der Waals surface area contributed by atoms with Gasteiger partial charge < -0.3 is 5.73 Å². The average Bonchev–Trinajstić information content (AvgIpc) is 2.41. The fourth-order valence-corrected chi connectivity index (χ4v) is 2.91. The van der Waals surface area contributed by atoms with E-state index in [4.69, 9.17) is 5.73 Å². The number of nitro benzene ring substituents is 1. The highest BCUT2D eigenvalue weighted by molar-refractivity contribution is 7.92. The van der Waals surface area contributed by atoms with Gasteiger partial charge in [0.15, 0.2) is 0 Å². The lowest BCUT2D eigenvalue weighted by Crippen LogP contribution is -2.15. The van der Waals surface area contributed by atoms with Gasteiger partial charge in [-0.05, 0) is 25.1 Å². The van der Waals surface area contributed by atoms with Gasteiger partial charge in [0.1, 0.15) is 4.90 Å². The molecule has 7 nitrogen and oxygen atoms in total. The van der Waals surface area contributed by atoms with Crippen LogP contribution in [0, 0.1) is 17.0 Å². The Kier molecular flexibility index (Phi) is 3.81. The second-order valence-electron chi connectivity index (χ2n) is 4.45. The lowest BCUT2D eigenvalue weighted by molar-refractivity contribution is -0.385. The van der Waals surface area contributed by atoms with Gasteiger partial charge in [-0.2, -0.15) is 0 Å². The third-order valence-electron chi connectivity index (χ3n) is 2.80. The number of nitro groups is 1. The summed E-state index contributed by atoms with van der Waals surface area (Å²) in [6.07, 6.45) is 0. The molecule has 0 aliphatic heterocycles. The number of benzene rings is 2. The Bertz CT molecular complexity index is 786. The van der Waals surface area contributed by atoms with Gasteiger partial charge in [0.05, 0.1) is 10.6 Å². The Morgan fingerprint density at radius 1 is 1.14 bits per heavy atom. The minimum atomic E-state index is -3.99. The molecule has 0 bridgehead atoms. The highest BCUT2D eigenvalue weighted by atomic mass is 32.2. The average molecular weight is 307 g/mol. The third kappa shape index (κ3) is 3.29. The molecule has 3 N–H and O–H groups in total. The van der Waals surface area contributed by atoms with E-state index in [9.17, 15) is 18.5 Å². The van der Waals surface area contributed by atoms with E-state index in [1.165, 1.54) is 6.07 Å².